The van der Waals surface area contributed by atoms with Crippen LogP contribution in [0.25, 0.3) is 0 Å². The fourth-order valence-corrected chi connectivity index (χ4v) is 1.74. The Morgan fingerprint density at radius 1 is 1.56 bits per heavy atom. The van der Waals surface area contributed by atoms with Crippen molar-refractivity contribution in [2.24, 2.45) is 0 Å². The van der Waals surface area contributed by atoms with Gasteiger partial charge in [-0.25, -0.2) is 0 Å². The molecule has 2 amide bonds. The number of amides is 2. The van der Waals surface area contributed by atoms with Gasteiger partial charge in [-0.05, 0) is 19.9 Å². The number of rotatable bonds is 3. The van der Waals surface area contributed by atoms with Gasteiger partial charge in [0.2, 0.25) is 11.8 Å². The first-order valence-corrected chi connectivity index (χ1v) is 5.74. The van der Waals surface area contributed by atoms with E-state index in [4.69, 9.17) is 0 Å². The van der Waals surface area contributed by atoms with Crippen LogP contribution in [-0.4, -0.2) is 61.4 Å². The quantitative estimate of drug-likeness (QED) is 0.718. The Kier molecular flexibility index (Phi) is 4.73. The van der Waals surface area contributed by atoms with Crippen LogP contribution in [0.5, 0.6) is 0 Å². The molecule has 5 nitrogen and oxygen atoms in total. The second-order valence-corrected chi connectivity index (χ2v) is 4.39. The topological polar surface area (TPSA) is 52.7 Å². The van der Waals surface area contributed by atoms with Crippen molar-refractivity contribution in [2.45, 2.75) is 25.8 Å². The van der Waals surface area contributed by atoms with Gasteiger partial charge in [-0.1, -0.05) is 0 Å². The summed E-state index contributed by atoms with van der Waals surface area (Å²) in [5.41, 5.74) is 0. The van der Waals surface area contributed by atoms with Gasteiger partial charge in [0.1, 0.15) is 0 Å². The Labute approximate surface area is 96.8 Å². The third kappa shape index (κ3) is 3.48. The van der Waals surface area contributed by atoms with Gasteiger partial charge in [0.15, 0.2) is 0 Å². The fraction of sp³-hybridized carbons (Fsp3) is 0.818. The maximum absolute atomic E-state index is 11.9. The van der Waals surface area contributed by atoms with E-state index in [1.54, 1.807) is 23.9 Å². The summed E-state index contributed by atoms with van der Waals surface area (Å²) in [5.74, 6) is 0.168. The fourth-order valence-electron chi connectivity index (χ4n) is 1.74. The number of carbonyl (C=O) groups excluding carboxylic acids is 2. The van der Waals surface area contributed by atoms with Crippen molar-refractivity contribution in [2.75, 3.05) is 33.7 Å². The summed E-state index contributed by atoms with van der Waals surface area (Å²) < 4.78 is 0. The van der Waals surface area contributed by atoms with E-state index in [0.717, 1.165) is 19.5 Å². The van der Waals surface area contributed by atoms with Gasteiger partial charge < -0.3 is 15.1 Å². The molecule has 0 aromatic heterocycles. The van der Waals surface area contributed by atoms with Crippen molar-refractivity contribution in [1.29, 1.82) is 0 Å². The first kappa shape index (κ1) is 13.0. The Bertz CT molecular complexity index is 266. The second-order valence-electron chi connectivity index (χ2n) is 4.39. The molecular formula is C11H21N3O2. The van der Waals surface area contributed by atoms with Gasteiger partial charge in [-0.3, -0.25) is 9.59 Å². The van der Waals surface area contributed by atoms with Gasteiger partial charge in [0.25, 0.3) is 0 Å². The molecule has 92 valence electrons. The van der Waals surface area contributed by atoms with Crippen LogP contribution in [0.3, 0.4) is 0 Å². The van der Waals surface area contributed by atoms with E-state index in [9.17, 15) is 9.59 Å². The Balaban J connectivity index is 2.45. The minimum Gasteiger partial charge on any atom is -0.349 e. The van der Waals surface area contributed by atoms with Crippen LogP contribution in [0, 0.1) is 0 Å². The molecule has 1 N–H and O–H groups in total. The molecule has 0 radical (unpaired) electrons. The molecule has 16 heavy (non-hydrogen) atoms. The zero-order valence-electron chi connectivity index (χ0n) is 10.3. The molecule has 1 aliphatic heterocycles. The number of carbonyl (C=O) groups is 2. The number of nitrogens with zero attached hydrogens (tertiary/aromatic N) is 2. The summed E-state index contributed by atoms with van der Waals surface area (Å²) >= 11 is 0. The molecule has 0 saturated carbocycles. The van der Waals surface area contributed by atoms with E-state index in [-0.39, 0.29) is 17.9 Å². The van der Waals surface area contributed by atoms with Crippen molar-refractivity contribution >= 4 is 11.8 Å². The van der Waals surface area contributed by atoms with Crippen molar-refractivity contribution in [1.82, 2.24) is 15.1 Å². The standard InChI is InChI=1S/C11H21N3O2/c1-9-11(16)14(7-4-6-12-9)8-5-10(15)13(2)3/h9,12H,4-8H2,1-3H3. The van der Waals surface area contributed by atoms with Gasteiger partial charge in [-0.2, -0.15) is 0 Å². The largest absolute Gasteiger partial charge is 0.349 e. The highest BCUT2D eigenvalue weighted by molar-refractivity contribution is 5.82. The smallest absolute Gasteiger partial charge is 0.239 e. The highest BCUT2D eigenvalue weighted by Crippen LogP contribution is 2.04. The Hall–Kier alpha value is -1.10. The lowest BCUT2D eigenvalue weighted by atomic mass is 10.2. The SMILES string of the molecule is CC1NCCCN(CCC(=O)N(C)C)C1=O. The van der Waals surface area contributed by atoms with Gasteiger partial charge in [0, 0.05) is 33.6 Å². The average Bonchev–Trinajstić information content (AvgIpc) is 2.40. The molecule has 1 unspecified atom stereocenters. The summed E-state index contributed by atoms with van der Waals surface area (Å²) in [6.07, 6.45) is 1.36. The molecular weight excluding hydrogens is 206 g/mol. The maximum Gasteiger partial charge on any atom is 0.239 e. The third-order valence-electron chi connectivity index (χ3n) is 2.83. The van der Waals surface area contributed by atoms with E-state index >= 15 is 0 Å². The molecule has 1 heterocycles. The van der Waals surface area contributed by atoms with Crippen LogP contribution in [0.15, 0.2) is 0 Å². The molecule has 1 saturated heterocycles. The van der Waals surface area contributed by atoms with Crippen molar-refractivity contribution in [3.05, 3.63) is 0 Å². The molecule has 0 aliphatic carbocycles. The molecule has 0 spiro atoms. The predicted octanol–water partition coefficient (Wildman–Crippen LogP) is -0.325. The zero-order valence-corrected chi connectivity index (χ0v) is 10.3. The molecule has 0 bridgehead atoms. The molecule has 1 rings (SSSR count). The van der Waals surface area contributed by atoms with Crippen LogP contribution in [0.1, 0.15) is 19.8 Å². The normalized spacial score (nSPS) is 21.8. The number of hydrogen-bond acceptors (Lipinski definition) is 3. The summed E-state index contributed by atoms with van der Waals surface area (Å²) in [5, 5.41) is 3.15. The van der Waals surface area contributed by atoms with Crippen molar-refractivity contribution in [3.63, 3.8) is 0 Å². The second kappa shape index (κ2) is 5.84. The lowest BCUT2D eigenvalue weighted by molar-refractivity contribution is -0.134. The van der Waals surface area contributed by atoms with E-state index in [1.807, 2.05) is 6.92 Å². The molecule has 5 heteroatoms. The zero-order chi connectivity index (χ0) is 12.1. The number of nitrogens with one attached hydrogen (secondary N) is 1. The van der Waals surface area contributed by atoms with Crippen molar-refractivity contribution < 1.29 is 9.59 Å². The van der Waals surface area contributed by atoms with Gasteiger partial charge >= 0.3 is 0 Å². The van der Waals surface area contributed by atoms with Crippen LogP contribution in [0.4, 0.5) is 0 Å². The molecule has 1 fully saturated rings. The maximum atomic E-state index is 11.9. The molecule has 1 atom stereocenters. The molecule has 0 aromatic carbocycles. The molecule has 1 aliphatic rings. The molecule has 0 aromatic rings. The van der Waals surface area contributed by atoms with Crippen LogP contribution in [0.2, 0.25) is 0 Å². The van der Waals surface area contributed by atoms with E-state index in [1.165, 1.54) is 0 Å². The highest BCUT2D eigenvalue weighted by Gasteiger charge is 2.23. The minimum absolute atomic E-state index is 0.0673. The summed E-state index contributed by atoms with van der Waals surface area (Å²) in [6.45, 7) is 4.01. The average molecular weight is 227 g/mol. The highest BCUT2D eigenvalue weighted by atomic mass is 16.2. The first-order valence-electron chi connectivity index (χ1n) is 5.74. The van der Waals surface area contributed by atoms with E-state index in [2.05, 4.69) is 5.32 Å². The lowest BCUT2D eigenvalue weighted by Gasteiger charge is -2.23. The summed E-state index contributed by atoms with van der Waals surface area (Å²) in [6, 6.07) is -0.128. The van der Waals surface area contributed by atoms with Crippen LogP contribution >= 0.6 is 0 Å². The predicted molar refractivity (Wildman–Crippen MR) is 62.0 cm³/mol. The summed E-state index contributed by atoms with van der Waals surface area (Å²) in [7, 11) is 3.47. The van der Waals surface area contributed by atoms with Crippen LogP contribution in [-0.2, 0) is 9.59 Å². The monoisotopic (exact) mass is 227 g/mol. The Morgan fingerprint density at radius 2 is 2.25 bits per heavy atom. The van der Waals surface area contributed by atoms with Crippen LogP contribution < -0.4 is 5.32 Å². The van der Waals surface area contributed by atoms with Crippen molar-refractivity contribution in [3.8, 4) is 0 Å². The third-order valence-corrected chi connectivity index (χ3v) is 2.83. The van der Waals surface area contributed by atoms with E-state index < -0.39 is 0 Å². The number of hydrogen-bond donors (Lipinski definition) is 1. The van der Waals surface area contributed by atoms with Gasteiger partial charge in [0.05, 0.1) is 6.04 Å². The summed E-state index contributed by atoms with van der Waals surface area (Å²) in [4.78, 5) is 26.6. The lowest BCUT2D eigenvalue weighted by Crippen LogP contribution is -2.42. The van der Waals surface area contributed by atoms with E-state index in [0.29, 0.717) is 13.0 Å². The van der Waals surface area contributed by atoms with Gasteiger partial charge in [-0.15, -0.1) is 0 Å². The Morgan fingerprint density at radius 3 is 2.88 bits per heavy atom. The first-order chi connectivity index (χ1) is 7.52. The minimum atomic E-state index is -0.128.